The summed E-state index contributed by atoms with van der Waals surface area (Å²) in [5.41, 5.74) is 5.98. The zero-order valence-corrected chi connectivity index (χ0v) is 15.3. The Hall–Kier alpha value is -0.790. The summed E-state index contributed by atoms with van der Waals surface area (Å²) in [6, 6.07) is 1.68. The maximum Gasteiger partial charge on any atom is 0.254 e. The molecule has 1 aromatic heterocycles. The predicted molar refractivity (Wildman–Crippen MR) is 94.5 cm³/mol. The molecule has 1 aliphatic heterocycles. The molecule has 1 fully saturated rings. The summed E-state index contributed by atoms with van der Waals surface area (Å²) in [4.78, 5) is 14.3. The maximum absolute atomic E-state index is 11.9. The van der Waals surface area contributed by atoms with Gasteiger partial charge in [-0.15, -0.1) is 24.8 Å². The van der Waals surface area contributed by atoms with Crippen molar-refractivity contribution in [1.29, 1.82) is 0 Å². The Labute approximate surface area is 149 Å². The molecule has 1 saturated heterocycles. The van der Waals surface area contributed by atoms with Gasteiger partial charge in [-0.05, 0) is 26.3 Å². The van der Waals surface area contributed by atoms with Crippen LogP contribution < -0.4 is 11.1 Å². The zero-order chi connectivity index (χ0) is 15.2. The van der Waals surface area contributed by atoms with Gasteiger partial charge in [-0.25, -0.2) is 0 Å². The van der Waals surface area contributed by atoms with Crippen molar-refractivity contribution < 1.29 is 13.9 Å². The molecule has 23 heavy (non-hydrogen) atoms. The van der Waals surface area contributed by atoms with Crippen molar-refractivity contribution in [3.63, 3.8) is 0 Å². The van der Waals surface area contributed by atoms with E-state index in [0.29, 0.717) is 24.4 Å². The number of carbonyl (C=O) groups excluding carboxylic acids is 1. The molecular weight excluding hydrogens is 341 g/mol. The van der Waals surface area contributed by atoms with Gasteiger partial charge >= 0.3 is 0 Å². The number of amides is 1. The van der Waals surface area contributed by atoms with E-state index >= 15 is 0 Å². The molecule has 1 aromatic rings. The Morgan fingerprint density at radius 2 is 2.00 bits per heavy atom. The molecule has 2 atom stereocenters. The Morgan fingerprint density at radius 3 is 2.57 bits per heavy atom. The molecule has 0 aromatic carbocycles. The first-order valence-electron chi connectivity index (χ1n) is 7.52. The average Bonchev–Trinajstić information content (AvgIpc) is 2.91. The molecule has 3 N–H and O–H groups in total. The minimum absolute atomic E-state index is 0. The lowest BCUT2D eigenvalue weighted by Crippen LogP contribution is -2.46. The number of hydrogen-bond donors (Lipinski definition) is 2. The number of nitrogens with two attached hydrogens (primary N) is 1. The number of nitrogens with one attached hydrogen (secondary N) is 1. The quantitative estimate of drug-likeness (QED) is 0.749. The van der Waals surface area contributed by atoms with Crippen molar-refractivity contribution in [3.05, 3.63) is 23.7 Å². The van der Waals surface area contributed by atoms with Gasteiger partial charge in [-0.3, -0.25) is 9.69 Å². The molecule has 0 spiro atoms. The van der Waals surface area contributed by atoms with E-state index in [1.54, 1.807) is 6.07 Å². The van der Waals surface area contributed by atoms with Crippen LogP contribution in [0.5, 0.6) is 0 Å². The average molecular weight is 368 g/mol. The highest BCUT2D eigenvalue weighted by Gasteiger charge is 2.21. The highest BCUT2D eigenvalue weighted by atomic mass is 35.5. The standard InChI is InChI=1S/C15H25N3O3.2ClH/c1-11-8-18(9-12(2)21-11)5-3-4-17-15(19)13-6-14(7-16)20-10-13;;/h6,10-12H,3-5,7-9,16H2,1-2H3,(H,17,19);2*1H. The van der Waals surface area contributed by atoms with Crippen molar-refractivity contribution in [2.24, 2.45) is 5.73 Å². The van der Waals surface area contributed by atoms with Gasteiger partial charge in [0.15, 0.2) is 0 Å². The van der Waals surface area contributed by atoms with Crippen molar-refractivity contribution in [2.75, 3.05) is 26.2 Å². The van der Waals surface area contributed by atoms with E-state index in [1.807, 2.05) is 0 Å². The van der Waals surface area contributed by atoms with E-state index in [2.05, 4.69) is 24.1 Å². The van der Waals surface area contributed by atoms with Crippen LogP contribution >= 0.6 is 24.8 Å². The van der Waals surface area contributed by atoms with Crippen LogP contribution in [-0.4, -0.2) is 49.2 Å². The van der Waals surface area contributed by atoms with Gasteiger partial charge in [0.1, 0.15) is 12.0 Å². The third-order valence-electron chi connectivity index (χ3n) is 3.55. The second-order valence-corrected chi connectivity index (χ2v) is 5.63. The fourth-order valence-electron chi connectivity index (χ4n) is 2.68. The SMILES string of the molecule is CC1CN(CCCNC(=O)c2coc(CN)c2)CC(C)O1.Cl.Cl. The Kier molecular flexibility index (Phi) is 10.5. The fourth-order valence-corrected chi connectivity index (χ4v) is 2.68. The molecule has 0 saturated carbocycles. The van der Waals surface area contributed by atoms with Gasteiger partial charge in [0.25, 0.3) is 5.91 Å². The second-order valence-electron chi connectivity index (χ2n) is 5.63. The first-order valence-corrected chi connectivity index (χ1v) is 7.52. The van der Waals surface area contributed by atoms with Crippen LogP contribution in [0.4, 0.5) is 0 Å². The van der Waals surface area contributed by atoms with Crippen LogP contribution in [0.25, 0.3) is 0 Å². The van der Waals surface area contributed by atoms with Gasteiger partial charge in [-0.1, -0.05) is 0 Å². The molecule has 8 heteroatoms. The summed E-state index contributed by atoms with van der Waals surface area (Å²) in [5, 5.41) is 2.90. The molecule has 1 aliphatic rings. The van der Waals surface area contributed by atoms with E-state index in [-0.39, 0.29) is 42.9 Å². The van der Waals surface area contributed by atoms with Crippen molar-refractivity contribution in [3.8, 4) is 0 Å². The van der Waals surface area contributed by atoms with Crippen LogP contribution in [0.3, 0.4) is 0 Å². The van der Waals surface area contributed by atoms with Crippen LogP contribution in [0, 0.1) is 0 Å². The van der Waals surface area contributed by atoms with E-state index in [4.69, 9.17) is 14.9 Å². The smallest absolute Gasteiger partial charge is 0.254 e. The van der Waals surface area contributed by atoms with Crippen molar-refractivity contribution in [1.82, 2.24) is 10.2 Å². The second kappa shape index (κ2) is 10.9. The first kappa shape index (κ1) is 22.2. The lowest BCUT2D eigenvalue weighted by atomic mass is 10.2. The molecule has 2 rings (SSSR count). The molecule has 2 heterocycles. The van der Waals surface area contributed by atoms with Crippen LogP contribution in [-0.2, 0) is 11.3 Å². The summed E-state index contributed by atoms with van der Waals surface area (Å²) < 4.78 is 10.9. The van der Waals surface area contributed by atoms with Crippen LogP contribution in [0.1, 0.15) is 36.4 Å². The van der Waals surface area contributed by atoms with Crippen molar-refractivity contribution >= 4 is 30.7 Å². The van der Waals surface area contributed by atoms with Crippen LogP contribution in [0.15, 0.2) is 16.7 Å². The Bertz CT molecular complexity index is 461. The molecule has 0 aliphatic carbocycles. The van der Waals surface area contributed by atoms with Gasteiger partial charge in [0.05, 0.1) is 24.3 Å². The van der Waals surface area contributed by atoms with Crippen LogP contribution in [0.2, 0.25) is 0 Å². The highest BCUT2D eigenvalue weighted by Crippen LogP contribution is 2.10. The summed E-state index contributed by atoms with van der Waals surface area (Å²) in [6.45, 7) is 8.04. The molecule has 1 amide bonds. The van der Waals surface area contributed by atoms with Gasteiger partial charge in [-0.2, -0.15) is 0 Å². The normalized spacial score (nSPS) is 21.2. The summed E-state index contributed by atoms with van der Waals surface area (Å²) >= 11 is 0. The number of ether oxygens (including phenoxy) is 1. The highest BCUT2D eigenvalue weighted by molar-refractivity contribution is 5.93. The monoisotopic (exact) mass is 367 g/mol. The zero-order valence-electron chi connectivity index (χ0n) is 13.6. The molecule has 2 unspecified atom stereocenters. The van der Waals surface area contributed by atoms with E-state index in [0.717, 1.165) is 26.1 Å². The minimum atomic E-state index is -0.109. The lowest BCUT2D eigenvalue weighted by Gasteiger charge is -2.35. The summed E-state index contributed by atoms with van der Waals surface area (Å²) in [6.07, 6.45) is 2.93. The Morgan fingerprint density at radius 1 is 1.35 bits per heavy atom. The van der Waals surface area contributed by atoms with E-state index in [9.17, 15) is 4.79 Å². The third kappa shape index (κ3) is 7.10. The predicted octanol–water partition coefficient (Wildman–Crippen LogP) is 1.81. The maximum atomic E-state index is 11.9. The van der Waals surface area contributed by atoms with Gasteiger partial charge in [0, 0.05) is 26.2 Å². The molecular formula is C15H27Cl2N3O3. The van der Waals surface area contributed by atoms with Crippen molar-refractivity contribution in [2.45, 2.75) is 39.0 Å². The Balaban J connectivity index is 0.00000242. The number of hydrogen-bond acceptors (Lipinski definition) is 5. The molecule has 0 bridgehead atoms. The number of halogens is 2. The number of carbonyl (C=O) groups is 1. The third-order valence-corrected chi connectivity index (χ3v) is 3.55. The largest absolute Gasteiger partial charge is 0.467 e. The topological polar surface area (TPSA) is 80.7 Å². The first-order chi connectivity index (χ1) is 10.1. The minimum Gasteiger partial charge on any atom is -0.467 e. The summed E-state index contributed by atoms with van der Waals surface area (Å²) in [7, 11) is 0. The fraction of sp³-hybridized carbons (Fsp3) is 0.667. The number of nitrogens with zero attached hydrogens (tertiary/aromatic N) is 1. The number of rotatable bonds is 6. The summed E-state index contributed by atoms with van der Waals surface area (Å²) in [5.74, 6) is 0.513. The molecule has 134 valence electrons. The lowest BCUT2D eigenvalue weighted by molar-refractivity contribution is -0.0679. The van der Waals surface area contributed by atoms with E-state index < -0.39 is 0 Å². The number of morpholine rings is 1. The van der Waals surface area contributed by atoms with Gasteiger partial charge < -0.3 is 20.2 Å². The molecule has 6 nitrogen and oxygen atoms in total. The molecule has 0 radical (unpaired) electrons. The number of furan rings is 1. The van der Waals surface area contributed by atoms with Gasteiger partial charge in [0.2, 0.25) is 0 Å². The van der Waals surface area contributed by atoms with E-state index in [1.165, 1.54) is 6.26 Å².